The van der Waals surface area contributed by atoms with Crippen molar-refractivity contribution in [1.82, 2.24) is 5.06 Å². The number of hydrogen-bond acceptors (Lipinski definition) is 5. The van der Waals surface area contributed by atoms with Crippen molar-refractivity contribution in [2.45, 2.75) is 13.8 Å². The highest BCUT2D eigenvalue weighted by molar-refractivity contribution is 6.10. The Bertz CT molecular complexity index is 658. The first kappa shape index (κ1) is 18.0. The molecular formula is C19H23NO4. The van der Waals surface area contributed by atoms with Crippen molar-refractivity contribution in [2.24, 2.45) is 0 Å². The third-order valence-electron chi connectivity index (χ3n) is 3.48. The lowest BCUT2D eigenvalue weighted by atomic mass is 10.0. The van der Waals surface area contributed by atoms with Crippen molar-refractivity contribution < 1.29 is 19.1 Å². The molecular weight excluding hydrogens is 306 g/mol. The highest BCUT2D eigenvalue weighted by Gasteiger charge is 2.15. The van der Waals surface area contributed by atoms with Crippen molar-refractivity contribution in [1.29, 1.82) is 0 Å². The van der Waals surface area contributed by atoms with E-state index in [1.54, 1.807) is 35.4 Å². The molecule has 0 aliphatic heterocycles. The van der Waals surface area contributed by atoms with Crippen LogP contribution in [0.25, 0.3) is 0 Å². The van der Waals surface area contributed by atoms with Gasteiger partial charge in [-0.05, 0) is 19.1 Å². The molecule has 0 bridgehead atoms. The number of hydrogen-bond donors (Lipinski definition) is 0. The highest BCUT2D eigenvalue weighted by atomic mass is 16.8. The monoisotopic (exact) mass is 329 g/mol. The van der Waals surface area contributed by atoms with Gasteiger partial charge in [0.05, 0.1) is 12.2 Å². The van der Waals surface area contributed by atoms with Gasteiger partial charge in [0.2, 0.25) is 6.79 Å². The molecule has 5 nitrogen and oxygen atoms in total. The fraction of sp³-hybridized carbons (Fsp3) is 0.316. The second-order valence-corrected chi connectivity index (χ2v) is 5.12. The van der Waals surface area contributed by atoms with Crippen molar-refractivity contribution >= 4 is 5.78 Å². The minimum absolute atomic E-state index is 0.0763. The number of ether oxygens (including phenoxy) is 2. The minimum atomic E-state index is -0.0763. The maximum absolute atomic E-state index is 12.6. The molecule has 0 amide bonds. The predicted molar refractivity (Wildman–Crippen MR) is 92.4 cm³/mol. The molecule has 0 fully saturated rings. The summed E-state index contributed by atoms with van der Waals surface area (Å²) in [5.41, 5.74) is 1.14. The van der Waals surface area contributed by atoms with Crippen LogP contribution < -0.4 is 9.47 Å². The van der Waals surface area contributed by atoms with Crippen LogP contribution in [-0.2, 0) is 4.84 Å². The van der Waals surface area contributed by atoms with Crippen LogP contribution in [0.15, 0.2) is 48.5 Å². The van der Waals surface area contributed by atoms with Crippen molar-refractivity contribution in [3.8, 4) is 11.5 Å². The number of ketones is 1. The molecule has 5 heteroatoms. The lowest BCUT2D eigenvalue weighted by molar-refractivity contribution is -0.183. The van der Waals surface area contributed by atoms with Crippen LogP contribution in [0.4, 0.5) is 0 Å². The molecule has 0 heterocycles. The molecule has 0 spiro atoms. The Balaban J connectivity index is 2.16. The Morgan fingerprint density at radius 3 is 2.46 bits per heavy atom. The summed E-state index contributed by atoms with van der Waals surface area (Å²) in [4.78, 5) is 18.0. The van der Waals surface area contributed by atoms with E-state index in [9.17, 15) is 4.79 Å². The molecule has 0 saturated carbocycles. The van der Waals surface area contributed by atoms with E-state index in [1.165, 1.54) is 0 Å². The molecule has 0 N–H and O–H groups in total. The van der Waals surface area contributed by atoms with Gasteiger partial charge < -0.3 is 9.47 Å². The van der Waals surface area contributed by atoms with Gasteiger partial charge in [0.15, 0.2) is 5.78 Å². The third-order valence-corrected chi connectivity index (χ3v) is 3.48. The Morgan fingerprint density at radius 2 is 1.79 bits per heavy atom. The second-order valence-electron chi connectivity index (χ2n) is 5.12. The summed E-state index contributed by atoms with van der Waals surface area (Å²) in [6, 6.07) is 14.3. The van der Waals surface area contributed by atoms with Gasteiger partial charge in [0.1, 0.15) is 11.5 Å². The van der Waals surface area contributed by atoms with Crippen molar-refractivity contribution in [3.05, 3.63) is 59.7 Å². The van der Waals surface area contributed by atoms with Gasteiger partial charge in [0.25, 0.3) is 0 Å². The molecule has 2 rings (SSSR count). The molecule has 128 valence electrons. The summed E-state index contributed by atoms with van der Waals surface area (Å²) in [6.45, 7) is 5.19. The Hall–Kier alpha value is -2.37. The van der Waals surface area contributed by atoms with Crippen LogP contribution >= 0.6 is 0 Å². The number of benzene rings is 2. The van der Waals surface area contributed by atoms with Gasteiger partial charge in [0, 0.05) is 25.2 Å². The van der Waals surface area contributed by atoms with E-state index in [4.69, 9.17) is 14.3 Å². The first-order chi connectivity index (χ1) is 11.7. The zero-order chi connectivity index (χ0) is 17.4. The zero-order valence-electron chi connectivity index (χ0n) is 14.3. The largest absolute Gasteiger partial charge is 0.493 e. The average molecular weight is 329 g/mol. The first-order valence-corrected chi connectivity index (χ1v) is 7.99. The van der Waals surface area contributed by atoms with Crippen LogP contribution in [-0.4, -0.2) is 37.8 Å². The van der Waals surface area contributed by atoms with Crippen LogP contribution in [0.2, 0.25) is 0 Å². The molecule has 0 saturated heterocycles. The lowest BCUT2D eigenvalue weighted by Gasteiger charge is -2.16. The normalized spacial score (nSPS) is 10.7. The quantitative estimate of drug-likeness (QED) is 0.400. The topological polar surface area (TPSA) is 48.0 Å². The van der Waals surface area contributed by atoms with Crippen molar-refractivity contribution in [2.75, 3.05) is 27.0 Å². The Morgan fingerprint density at radius 1 is 1.04 bits per heavy atom. The number of carbonyl (C=O) groups excluding carboxylic acids is 1. The minimum Gasteiger partial charge on any atom is -0.493 e. The lowest BCUT2D eigenvalue weighted by Crippen LogP contribution is -2.21. The first-order valence-electron chi connectivity index (χ1n) is 7.99. The standard InChI is InChI=1S/C19H23NO4/c1-4-20(3)24-14-23-16-11-12-17(18(13-16)22-5-2)19(21)15-9-7-6-8-10-15/h6-13H,4-5,14H2,1-3H3. The van der Waals surface area contributed by atoms with Crippen LogP contribution in [0.3, 0.4) is 0 Å². The average Bonchev–Trinajstić information content (AvgIpc) is 2.62. The van der Waals surface area contributed by atoms with Crippen LogP contribution in [0.1, 0.15) is 29.8 Å². The molecule has 0 radical (unpaired) electrons. The van der Waals surface area contributed by atoms with Gasteiger partial charge in [-0.15, -0.1) is 0 Å². The highest BCUT2D eigenvalue weighted by Crippen LogP contribution is 2.27. The summed E-state index contributed by atoms with van der Waals surface area (Å²) < 4.78 is 11.2. The zero-order valence-corrected chi connectivity index (χ0v) is 14.3. The molecule has 0 aliphatic rings. The molecule has 0 aromatic heterocycles. The molecule has 2 aromatic carbocycles. The van der Waals surface area contributed by atoms with E-state index in [-0.39, 0.29) is 12.6 Å². The predicted octanol–water partition coefficient (Wildman–Crippen LogP) is 3.54. The second kappa shape index (κ2) is 9.05. The maximum atomic E-state index is 12.6. The molecule has 2 aromatic rings. The van der Waals surface area contributed by atoms with Gasteiger partial charge in [-0.2, -0.15) is 5.06 Å². The van der Waals surface area contributed by atoms with Gasteiger partial charge in [-0.25, -0.2) is 0 Å². The fourth-order valence-electron chi connectivity index (χ4n) is 2.08. The van der Waals surface area contributed by atoms with E-state index in [1.807, 2.05) is 39.1 Å². The van der Waals surface area contributed by atoms with Gasteiger partial charge >= 0.3 is 0 Å². The third kappa shape index (κ3) is 4.81. The molecule has 24 heavy (non-hydrogen) atoms. The SMILES string of the molecule is CCOc1cc(OCON(C)CC)ccc1C(=O)c1ccccc1. The molecule has 0 aliphatic carbocycles. The molecule has 0 unspecified atom stereocenters. The van der Waals surface area contributed by atoms with E-state index in [0.717, 1.165) is 6.54 Å². The number of hydroxylamine groups is 2. The fourth-order valence-corrected chi connectivity index (χ4v) is 2.08. The smallest absolute Gasteiger partial charge is 0.207 e. The van der Waals surface area contributed by atoms with Gasteiger partial charge in [-0.3, -0.25) is 9.63 Å². The maximum Gasteiger partial charge on any atom is 0.207 e. The number of rotatable bonds is 9. The van der Waals surface area contributed by atoms with Gasteiger partial charge in [-0.1, -0.05) is 37.3 Å². The van der Waals surface area contributed by atoms with E-state index in [0.29, 0.717) is 29.2 Å². The summed E-state index contributed by atoms with van der Waals surface area (Å²) in [6.07, 6.45) is 0. The van der Waals surface area contributed by atoms with Crippen LogP contribution in [0.5, 0.6) is 11.5 Å². The number of carbonyl (C=O) groups is 1. The van der Waals surface area contributed by atoms with E-state index >= 15 is 0 Å². The Labute approximate surface area is 142 Å². The number of nitrogens with zero attached hydrogens (tertiary/aromatic N) is 1. The molecule has 0 atom stereocenters. The van der Waals surface area contributed by atoms with Crippen LogP contribution in [0, 0.1) is 0 Å². The van der Waals surface area contributed by atoms with E-state index < -0.39 is 0 Å². The summed E-state index contributed by atoms with van der Waals surface area (Å²) in [7, 11) is 1.83. The summed E-state index contributed by atoms with van der Waals surface area (Å²) in [5.74, 6) is 1.02. The summed E-state index contributed by atoms with van der Waals surface area (Å²) in [5, 5.41) is 1.68. The summed E-state index contributed by atoms with van der Waals surface area (Å²) >= 11 is 0. The van der Waals surface area contributed by atoms with E-state index in [2.05, 4.69) is 0 Å². The van der Waals surface area contributed by atoms with Crippen molar-refractivity contribution in [3.63, 3.8) is 0 Å². The Kier molecular flexibility index (Phi) is 6.78.